The topological polar surface area (TPSA) is 86.6 Å². The number of rotatable bonds is 6. The SMILES string of the molecule is COc1ccccc1NC(=O)[C@@H](C)OC(=O)c1cc(C(C)=O)cn1C. The molecule has 0 aliphatic rings. The van der Waals surface area contributed by atoms with E-state index in [1.54, 1.807) is 37.5 Å². The van der Waals surface area contributed by atoms with E-state index >= 15 is 0 Å². The first kappa shape index (κ1) is 18.3. The zero-order chi connectivity index (χ0) is 18.6. The molecule has 0 bridgehead atoms. The van der Waals surface area contributed by atoms with E-state index in [0.717, 1.165) is 0 Å². The monoisotopic (exact) mass is 344 g/mol. The summed E-state index contributed by atoms with van der Waals surface area (Å²) in [6, 6.07) is 8.36. The highest BCUT2D eigenvalue weighted by Gasteiger charge is 2.22. The van der Waals surface area contributed by atoms with Crippen molar-refractivity contribution in [2.45, 2.75) is 20.0 Å². The second kappa shape index (κ2) is 7.65. The summed E-state index contributed by atoms with van der Waals surface area (Å²) in [7, 11) is 3.12. The van der Waals surface area contributed by atoms with Crippen LogP contribution in [0.3, 0.4) is 0 Å². The maximum atomic E-state index is 12.2. The maximum absolute atomic E-state index is 12.2. The lowest BCUT2D eigenvalue weighted by Crippen LogP contribution is -2.30. The zero-order valence-electron chi connectivity index (χ0n) is 14.5. The Labute approximate surface area is 145 Å². The average molecular weight is 344 g/mol. The highest BCUT2D eigenvalue weighted by Crippen LogP contribution is 2.23. The number of ether oxygens (including phenoxy) is 2. The quantitative estimate of drug-likeness (QED) is 0.642. The number of nitrogens with one attached hydrogen (secondary N) is 1. The second-order valence-corrected chi connectivity index (χ2v) is 5.52. The summed E-state index contributed by atoms with van der Waals surface area (Å²) in [6.45, 7) is 2.88. The van der Waals surface area contributed by atoms with Crippen LogP contribution >= 0.6 is 0 Å². The minimum absolute atomic E-state index is 0.156. The van der Waals surface area contributed by atoms with E-state index in [4.69, 9.17) is 9.47 Å². The summed E-state index contributed by atoms with van der Waals surface area (Å²) >= 11 is 0. The van der Waals surface area contributed by atoms with Gasteiger partial charge in [-0.05, 0) is 32.0 Å². The van der Waals surface area contributed by atoms with Crippen molar-refractivity contribution in [1.29, 1.82) is 0 Å². The number of nitrogens with zero attached hydrogens (tertiary/aromatic N) is 1. The Morgan fingerprint density at radius 1 is 1.20 bits per heavy atom. The van der Waals surface area contributed by atoms with Gasteiger partial charge in [0.15, 0.2) is 11.9 Å². The minimum Gasteiger partial charge on any atom is -0.495 e. The van der Waals surface area contributed by atoms with Crippen molar-refractivity contribution in [3.8, 4) is 5.75 Å². The molecule has 1 atom stereocenters. The summed E-state index contributed by atoms with van der Waals surface area (Å²) in [5.74, 6) is -0.823. The van der Waals surface area contributed by atoms with Gasteiger partial charge in [-0.15, -0.1) is 0 Å². The predicted octanol–water partition coefficient (Wildman–Crippen LogP) is 2.42. The molecule has 0 saturated carbocycles. The summed E-state index contributed by atoms with van der Waals surface area (Å²) in [5, 5.41) is 2.65. The number of carbonyl (C=O) groups excluding carboxylic acids is 3. The molecule has 0 saturated heterocycles. The smallest absolute Gasteiger partial charge is 0.355 e. The Balaban J connectivity index is 2.05. The van der Waals surface area contributed by atoms with Gasteiger partial charge in [0, 0.05) is 18.8 Å². The number of aromatic nitrogens is 1. The highest BCUT2D eigenvalue weighted by molar-refractivity contribution is 6.00. The Morgan fingerprint density at radius 3 is 2.48 bits per heavy atom. The first-order valence-electron chi connectivity index (χ1n) is 7.65. The molecule has 0 aliphatic carbocycles. The Morgan fingerprint density at radius 2 is 1.88 bits per heavy atom. The Kier molecular flexibility index (Phi) is 5.59. The first-order chi connectivity index (χ1) is 11.8. The van der Waals surface area contributed by atoms with Gasteiger partial charge in [-0.2, -0.15) is 0 Å². The molecule has 0 aliphatic heterocycles. The number of Topliss-reactive ketones (excluding diaryl/α,β-unsaturated/α-hetero) is 1. The van der Waals surface area contributed by atoms with Gasteiger partial charge in [-0.1, -0.05) is 12.1 Å². The number of para-hydroxylation sites is 2. The van der Waals surface area contributed by atoms with Crippen molar-refractivity contribution in [2.75, 3.05) is 12.4 Å². The van der Waals surface area contributed by atoms with E-state index in [1.165, 1.54) is 31.6 Å². The van der Waals surface area contributed by atoms with Crippen LogP contribution in [0, 0.1) is 0 Å². The molecule has 132 valence electrons. The fourth-order valence-electron chi connectivity index (χ4n) is 2.22. The number of hydrogen-bond acceptors (Lipinski definition) is 5. The fourth-order valence-corrected chi connectivity index (χ4v) is 2.22. The van der Waals surface area contributed by atoms with Gasteiger partial charge >= 0.3 is 5.97 Å². The van der Waals surface area contributed by atoms with Gasteiger partial charge in [0.2, 0.25) is 0 Å². The fraction of sp³-hybridized carbons (Fsp3) is 0.278. The maximum Gasteiger partial charge on any atom is 0.355 e. The van der Waals surface area contributed by atoms with Crippen LogP contribution in [0.25, 0.3) is 0 Å². The van der Waals surface area contributed by atoms with Gasteiger partial charge in [0.1, 0.15) is 11.4 Å². The molecule has 0 fully saturated rings. The van der Waals surface area contributed by atoms with Gasteiger partial charge in [0.05, 0.1) is 12.8 Å². The number of methoxy groups -OCH3 is 1. The van der Waals surface area contributed by atoms with Crippen molar-refractivity contribution in [2.24, 2.45) is 7.05 Å². The summed E-state index contributed by atoms with van der Waals surface area (Å²) in [5.41, 5.74) is 1.08. The average Bonchev–Trinajstić information content (AvgIpc) is 2.97. The molecule has 1 N–H and O–H groups in total. The molecule has 1 heterocycles. The number of amides is 1. The molecule has 0 unspecified atom stereocenters. The van der Waals surface area contributed by atoms with Crippen LogP contribution in [0.1, 0.15) is 34.7 Å². The molecule has 2 aromatic rings. The molecule has 1 aromatic carbocycles. The molecule has 7 heteroatoms. The predicted molar refractivity (Wildman–Crippen MR) is 91.9 cm³/mol. The van der Waals surface area contributed by atoms with E-state index < -0.39 is 18.0 Å². The lowest BCUT2D eigenvalue weighted by Gasteiger charge is -2.15. The first-order valence-corrected chi connectivity index (χ1v) is 7.65. The molecular weight excluding hydrogens is 324 g/mol. The van der Waals surface area contributed by atoms with Crippen LogP contribution in [0.2, 0.25) is 0 Å². The third-order valence-corrected chi connectivity index (χ3v) is 3.64. The van der Waals surface area contributed by atoms with Gasteiger partial charge in [-0.25, -0.2) is 4.79 Å². The highest BCUT2D eigenvalue weighted by atomic mass is 16.5. The number of anilines is 1. The summed E-state index contributed by atoms with van der Waals surface area (Å²) < 4.78 is 11.8. The van der Waals surface area contributed by atoms with E-state index in [0.29, 0.717) is 17.0 Å². The van der Waals surface area contributed by atoms with Crippen molar-refractivity contribution in [3.05, 3.63) is 47.8 Å². The largest absolute Gasteiger partial charge is 0.495 e. The minimum atomic E-state index is -1.02. The lowest BCUT2D eigenvalue weighted by molar-refractivity contribution is -0.123. The molecule has 0 radical (unpaired) electrons. The van der Waals surface area contributed by atoms with Crippen molar-refractivity contribution in [1.82, 2.24) is 4.57 Å². The van der Waals surface area contributed by atoms with Crippen LogP contribution in [-0.2, 0) is 16.6 Å². The summed E-state index contributed by atoms with van der Waals surface area (Å²) in [4.78, 5) is 35.9. The number of hydrogen-bond donors (Lipinski definition) is 1. The van der Waals surface area contributed by atoms with Gasteiger partial charge < -0.3 is 19.4 Å². The van der Waals surface area contributed by atoms with E-state index in [2.05, 4.69) is 5.32 Å². The molecule has 7 nitrogen and oxygen atoms in total. The third-order valence-electron chi connectivity index (χ3n) is 3.64. The van der Waals surface area contributed by atoms with E-state index in [-0.39, 0.29) is 11.5 Å². The Bertz CT molecular complexity index is 810. The molecule has 25 heavy (non-hydrogen) atoms. The van der Waals surface area contributed by atoms with E-state index in [9.17, 15) is 14.4 Å². The van der Waals surface area contributed by atoms with Gasteiger partial charge in [-0.3, -0.25) is 9.59 Å². The normalized spacial score (nSPS) is 11.5. The third kappa shape index (κ3) is 4.26. The molecule has 2 rings (SSSR count). The van der Waals surface area contributed by atoms with Crippen molar-refractivity contribution in [3.63, 3.8) is 0 Å². The number of ketones is 1. The van der Waals surface area contributed by atoms with Crippen molar-refractivity contribution < 1.29 is 23.9 Å². The standard InChI is InChI=1S/C18H20N2O5/c1-11(21)13-9-15(20(3)10-13)18(23)25-12(2)17(22)19-14-7-5-6-8-16(14)24-4/h5-10,12H,1-4H3,(H,19,22)/t12-/m1/s1. The van der Waals surface area contributed by atoms with Crippen molar-refractivity contribution >= 4 is 23.3 Å². The Hall–Kier alpha value is -3.09. The number of esters is 1. The van der Waals surface area contributed by atoms with Crippen LogP contribution in [0.15, 0.2) is 36.5 Å². The molecule has 1 aromatic heterocycles. The summed E-state index contributed by atoms with van der Waals surface area (Å²) in [6.07, 6.45) is 0.520. The van der Waals surface area contributed by atoms with Crippen LogP contribution in [0.5, 0.6) is 5.75 Å². The number of carbonyl (C=O) groups is 3. The van der Waals surface area contributed by atoms with Crippen LogP contribution < -0.4 is 10.1 Å². The molecular formula is C18H20N2O5. The molecule has 1 amide bonds. The second-order valence-electron chi connectivity index (χ2n) is 5.52. The van der Waals surface area contributed by atoms with E-state index in [1.807, 2.05) is 0 Å². The van der Waals surface area contributed by atoms with Crippen LogP contribution in [-0.4, -0.2) is 35.4 Å². The van der Waals surface area contributed by atoms with Crippen LogP contribution in [0.4, 0.5) is 5.69 Å². The molecule has 0 spiro atoms. The zero-order valence-corrected chi connectivity index (χ0v) is 14.5. The lowest BCUT2D eigenvalue weighted by atomic mass is 10.2. The number of benzene rings is 1. The van der Waals surface area contributed by atoms with Gasteiger partial charge in [0.25, 0.3) is 5.91 Å². The number of aryl methyl sites for hydroxylation is 1.